The van der Waals surface area contributed by atoms with Crippen LogP contribution in [0.15, 0.2) is 220 Å². The Bertz CT molecular complexity index is 2930. The van der Waals surface area contributed by atoms with E-state index in [9.17, 15) is 0 Å². The summed E-state index contributed by atoms with van der Waals surface area (Å²) in [5.74, 6) is 1.000. The van der Waals surface area contributed by atoms with Crippen LogP contribution in [0.5, 0.6) is 5.75 Å². The van der Waals surface area contributed by atoms with Crippen LogP contribution >= 0.6 is 0 Å². The molecule has 0 saturated carbocycles. The van der Waals surface area contributed by atoms with Gasteiger partial charge in [0, 0.05) is 56.7 Å². The highest BCUT2D eigenvalue weighted by Gasteiger charge is 2.45. The van der Waals surface area contributed by atoms with Crippen molar-refractivity contribution in [1.29, 1.82) is 0 Å². The Balaban J connectivity index is 0.907. The van der Waals surface area contributed by atoms with E-state index in [2.05, 4.69) is 162 Å². The molecule has 0 N–H and O–H groups in total. The van der Waals surface area contributed by atoms with Gasteiger partial charge in [-0.3, -0.25) is 0 Å². The summed E-state index contributed by atoms with van der Waals surface area (Å²) in [6.45, 7) is 4.14. The van der Waals surface area contributed by atoms with Gasteiger partial charge in [-0.15, -0.1) is 0 Å². The molecule has 0 bridgehead atoms. The normalized spacial score (nSPS) is 23.3. The predicted octanol–water partition coefficient (Wildman–Crippen LogP) is 13.0. The summed E-state index contributed by atoms with van der Waals surface area (Å²) < 4.78 is 12.7. The predicted molar refractivity (Wildman–Crippen MR) is 237 cm³/mol. The highest BCUT2D eigenvalue weighted by atomic mass is 16.5. The molecule has 4 heterocycles. The van der Waals surface area contributed by atoms with Crippen LogP contribution in [0.4, 0.5) is 5.69 Å². The minimum absolute atomic E-state index is 0.0870. The van der Waals surface area contributed by atoms with E-state index in [1.54, 1.807) is 0 Å². The van der Waals surface area contributed by atoms with Gasteiger partial charge in [-0.1, -0.05) is 116 Å². The van der Waals surface area contributed by atoms with Gasteiger partial charge in [-0.05, 0) is 114 Å². The lowest BCUT2D eigenvalue weighted by atomic mass is 9.85. The molecule has 1 fully saturated rings. The highest BCUT2D eigenvalue weighted by Crippen LogP contribution is 2.51. The smallest absolute Gasteiger partial charge is 0.136 e. The van der Waals surface area contributed by atoms with Crippen molar-refractivity contribution in [3.05, 3.63) is 221 Å². The zero-order chi connectivity index (χ0) is 38.3. The van der Waals surface area contributed by atoms with Gasteiger partial charge in [-0.2, -0.15) is 0 Å². The first kappa shape index (κ1) is 33.4. The molecular formula is C54H42N2O2. The van der Waals surface area contributed by atoms with E-state index in [4.69, 9.17) is 9.15 Å². The maximum atomic E-state index is 6.42. The lowest BCUT2D eigenvalue weighted by Crippen LogP contribution is -2.37. The van der Waals surface area contributed by atoms with Crippen LogP contribution in [0.2, 0.25) is 0 Å². The van der Waals surface area contributed by atoms with Crippen LogP contribution in [0.3, 0.4) is 0 Å². The molecule has 3 aliphatic heterocycles. The third kappa shape index (κ3) is 5.21. The second-order valence-electron chi connectivity index (χ2n) is 16.2. The van der Waals surface area contributed by atoms with E-state index in [-0.39, 0.29) is 6.10 Å². The SMILES string of the molecule is C=CC=C1C2=CC(N(C3=CC=C(C4=CC=C5c6ccccc6OC5C4)CC3)c3ccc(-c4ccc5c(c4)oc4ccccc45)cc3)=CCC2N2C1=CC1=CC=CCC12. The Labute approximate surface area is 339 Å². The van der Waals surface area contributed by atoms with Crippen LogP contribution < -0.4 is 9.64 Å². The van der Waals surface area contributed by atoms with Crippen LogP contribution in [0, 0.1) is 0 Å². The zero-order valence-corrected chi connectivity index (χ0v) is 32.3. The quantitative estimate of drug-likeness (QED) is 0.173. The second kappa shape index (κ2) is 13.1. The van der Waals surface area contributed by atoms with Crippen LogP contribution in [-0.2, 0) is 0 Å². The molecule has 7 aliphatic rings. The summed E-state index contributed by atoms with van der Waals surface area (Å²) >= 11 is 0. The van der Waals surface area contributed by atoms with Gasteiger partial charge in [0.2, 0.25) is 0 Å². The number of fused-ring (bicyclic) bond motifs is 11. The summed E-state index contributed by atoms with van der Waals surface area (Å²) in [7, 11) is 0. The van der Waals surface area contributed by atoms with E-state index in [0.29, 0.717) is 12.1 Å². The number of hydrogen-bond acceptors (Lipinski definition) is 4. The zero-order valence-electron chi connectivity index (χ0n) is 32.3. The van der Waals surface area contributed by atoms with Crippen LogP contribution in [0.1, 0.15) is 37.7 Å². The monoisotopic (exact) mass is 750 g/mol. The Morgan fingerprint density at radius 3 is 2.47 bits per heavy atom. The first-order chi connectivity index (χ1) is 28.7. The Hall–Kier alpha value is -6.78. The van der Waals surface area contributed by atoms with Gasteiger partial charge >= 0.3 is 0 Å². The molecule has 0 spiro atoms. The Morgan fingerprint density at radius 2 is 1.57 bits per heavy atom. The number of para-hydroxylation sites is 2. The molecule has 58 heavy (non-hydrogen) atoms. The summed E-state index contributed by atoms with van der Waals surface area (Å²) in [6.07, 6.45) is 32.5. The average Bonchev–Trinajstić information content (AvgIpc) is 4.03. The van der Waals surface area contributed by atoms with Gasteiger partial charge in [0.15, 0.2) is 0 Å². The van der Waals surface area contributed by atoms with E-state index in [1.807, 2.05) is 18.2 Å². The molecule has 1 saturated heterocycles. The average molecular weight is 751 g/mol. The molecule has 4 aromatic carbocycles. The van der Waals surface area contributed by atoms with Crippen molar-refractivity contribution < 1.29 is 9.15 Å². The number of ether oxygens (including phenoxy) is 1. The number of furan rings is 1. The van der Waals surface area contributed by atoms with E-state index in [1.165, 1.54) is 61.7 Å². The van der Waals surface area contributed by atoms with Crippen LogP contribution in [0.25, 0.3) is 38.6 Å². The van der Waals surface area contributed by atoms with Gasteiger partial charge < -0.3 is 19.0 Å². The molecule has 3 unspecified atom stereocenters. The number of benzene rings is 4. The topological polar surface area (TPSA) is 28.9 Å². The summed E-state index contributed by atoms with van der Waals surface area (Å²) in [6, 6.07) is 33.1. The largest absolute Gasteiger partial charge is 0.485 e. The number of rotatable bonds is 6. The minimum atomic E-state index is 0.0870. The third-order valence-electron chi connectivity index (χ3n) is 13.1. The lowest BCUT2D eigenvalue weighted by Gasteiger charge is -2.36. The molecule has 4 heteroatoms. The van der Waals surface area contributed by atoms with Crippen molar-refractivity contribution >= 4 is 33.2 Å². The van der Waals surface area contributed by atoms with Crippen molar-refractivity contribution in [3.63, 3.8) is 0 Å². The number of anilines is 1. The molecule has 280 valence electrons. The molecule has 4 aliphatic carbocycles. The second-order valence-corrected chi connectivity index (χ2v) is 16.2. The van der Waals surface area contributed by atoms with Crippen molar-refractivity contribution in [2.24, 2.45) is 0 Å². The Morgan fingerprint density at radius 1 is 0.724 bits per heavy atom. The van der Waals surface area contributed by atoms with Gasteiger partial charge in [-0.25, -0.2) is 0 Å². The number of allylic oxidation sites excluding steroid dienone is 12. The van der Waals surface area contributed by atoms with Gasteiger partial charge in [0.05, 0.1) is 12.1 Å². The van der Waals surface area contributed by atoms with E-state index in [0.717, 1.165) is 71.0 Å². The summed E-state index contributed by atoms with van der Waals surface area (Å²) in [5, 5.41) is 2.30. The van der Waals surface area contributed by atoms with Crippen molar-refractivity contribution in [1.82, 2.24) is 4.90 Å². The summed E-state index contributed by atoms with van der Waals surface area (Å²) in [4.78, 5) is 5.17. The fourth-order valence-corrected chi connectivity index (χ4v) is 10.4. The standard InChI is InChI=1S/C54H42N2O2/c1-2-9-42-47-33-41(26-29-49(47)56-48-13-6-3-10-38(48)30-50(42)56)55(39-22-16-34(17-23-39)36-20-27-45-43-11-4-7-14-51(43)57-53(45)31-36)40-24-18-35(19-25-40)37-21-28-46-44-12-5-8-15-52(44)58-54(46)32-37/h2-12,14-18,20-24,26-28,30-31,33,48-49,54H,1,13,19,25,29,32H2. The van der Waals surface area contributed by atoms with Crippen molar-refractivity contribution in [3.8, 4) is 16.9 Å². The molecule has 0 amide bonds. The molecule has 12 rings (SSSR count). The molecule has 3 atom stereocenters. The number of hydrogen-bond donors (Lipinski definition) is 0. The maximum absolute atomic E-state index is 6.42. The third-order valence-corrected chi connectivity index (χ3v) is 13.1. The van der Waals surface area contributed by atoms with Gasteiger partial charge in [0.1, 0.15) is 23.0 Å². The first-order valence-electron chi connectivity index (χ1n) is 20.7. The molecule has 5 aromatic rings. The number of nitrogens with zero attached hydrogens (tertiary/aromatic N) is 2. The Kier molecular flexibility index (Phi) is 7.56. The van der Waals surface area contributed by atoms with Crippen LogP contribution in [-0.4, -0.2) is 23.1 Å². The molecule has 4 nitrogen and oxygen atoms in total. The maximum Gasteiger partial charge on any atom is 0.136 e. The van der Waals surface area contributed by atoms with Crippen molar-refractivity contribution in [2.75, 3.05) is 4.90 Å². The van der Waals surface area contributed by atoms with Gasteiger partial charge in [0.25, 0.3) is 0 Å². The fourth-order valence-electron chi connectivity index (χ4n) is 10.4. The molecule has 0 radical (unpaired) electrons. The highest BCUT2D eigenvalue weighted by molar-refractivity contribution is 6.05. The lowest BCUT2D eigenvalue weighted by molar-refractivity contribution is 0.275. The summed E-state index contributed by atoms with van der Waals surface area (Å²) in [5.41, 5.74) is 18.6. The first-order valence-corrected chi connectivity index (χ1v) is 20.7. The minimum Gasteiger partial charge on any atom is -0.485 e. The fraction of sp³-hybridized carbons (Fsp3) is 0.148. The van der Waals surface area contributed by atoms with E-state index < -0.39 is 0 Å². The molecular weight excluding hydrogens is 709 g/mol. The van der Waals surface area contributed by atoms with Crippen molar-refractivity contribution in [2.45, 2.75) is 50.3 Å². The molecule has 1 aromatic heterocycles. The van der Waals surface area contributed by atoms with E-state index >= 15 is 0 Å².